The number of β-amino-alcohol motifs (C(OH)–C–C–N with tert-alkyl or cyclic N) is 1. The molecular weight excluding hydrogens is 504 g/mol. The van der Waals surface area contributed by atoms with Crippen molar-refractivity contribution in [2.24, 2.45) is 5.41 Å². The molecule has 7 nitrogen and oxygen atoms in total. The molecule has 0 fully saturated rings. The molecule has 0 aliphatic heterocycles. The minimum absolute atomic E-state index is 0.0975. The Hall–Kier alpha value is -4.38. The molecule has 0 saturated heterocycles. The highest BCUT2D eigenvalue weighted by Crippen LogP contribution is 2.34. The summed E-state index contributed by atoms with van der Waals surface area (Å²) in [5, 5.41) is 32.7. The fourth-order valence-corrected chi connectivity index (χ4v) is 4.47. The van der Waals surface area contributed by atoms with Gasteiger partial charge in [0.15, 0.2) is 5.41 Å². The third-order valence-corrected chi connectivity index (χ3v) is 6.72. The molecule has 3 aromatic carbocycles. The van der Waals surface area contributed by atoms with Gasteiger partial charge in [-0.25, -0.2) is 0 Å². The largest absolute Gasteiger partial charge is 0.491 e. The number of carbonyl (C=O) groups is 1. The molecule has 7 heteroatoms. The molecule has 3 N–H and O–H groups in total. The van der Waals surface area contributed by atoms with Gasteiger partial charge in [-0.1, -0.05) is 60.7 Å². The first kappa shape index (κ1) is 28.6. The van der Waals surface area contributed by atoms with Gasteiger partial charge in [0.25, 0.3) is 0 Å². The molecular formula is C33H34N2O5. The fraction of sp³-hybridized carbons (Fsp3) is 0.273. The quantitative estimate of drug-likeness (QED) is 0.268. The fourth-order valence-electron chi connectivity index (χ4n) is 4.47. The lowest BCUT2D eigenvalue weighted by molar-refractivity contribution is -0.143. The molecule has 3 aromatic rings. The van der Waals surface area contributed by atoms with Crippen molar-refractivity contribution in [1.29, 1.82) is 5.26 Å². The summed E-state index contributed by atoms with van der Waals surface area (Å²) in [7, 11) is 0. The van der Waals surface area contributed by atoms with Gasteiger partial charge < -0.3 is 25.0 Å². The second kappa shape index (κ2) is 12.6. The number of aliphatic hydroxyl groups excluding tert-OH is 1. The highest BCUT2D eigenvalue weighted by Gasteiger charge is 2.36. The van der Waals surface area contributed by atoms with Gasteiger partial charge in [0, 0.05) is 12.1 Å². The molecule has 1 unspecified atom stereocenters. The highest BCUT2D eigenvalue weighted by molar-refractivity contribution is 5.85. The zero-order chi connectivity index (χ0) is 28.6. The van der Waals surface area contributed by atoms with E-state index in [-0.39, 0.29) is 18.6 Å². The van der Waals surface area contributed by atoms with Gasteiger partial charge in [0.2, 0.25) is 0 Å². The van der Waals surface area contributed by atoms with E-state index in [9.17, 15) is 20.3 Å². The number of allylic oxidation sites excluding steroid dienone is 3. The van der Waals surface area contributed by atoms with E-state index in [0.717, 1.165) is 34.6 Å². The minimum atomic E-state index is -1.53. The molecule has 206 valence electrons. The summed E-state index contributed by atoms with van der Waals surface area (Å²) in [4.78, 5) is 11.5. The molecule has 0 bridgehead atoms. The molecule has 4 rings (SSSR count). The van der Waals surface area contributed by atoms with E-state index in [1.165, 1.54) is 6.08 Å². The number of hydrogen-bond donors (Lipinski definition) is 3. The molecule has 0 spiro atoms. The summed E-state index contributed by atoms with van der Waals surface area (Å²) in [5.74, 6) is 1.00. The SMILES string of the molecule is CC(C)(Cc1cccc(Oc2ccccc2)c1)NC[C@@H](O)COc1cccc(C2=CCC(C#N)(C(=O)O)C=C2)c1. The second-order valence-corrected chi connectivity index (χ2v) is 10.6. The summed E-state index contributed by atoms with van der Waals surface area (Å²) in [5.41, 5.74) is 0.981. The summed E-state index contributed by atoms with van der Waals surface area (Å²) < 4.78 is 11.8. The number of aliphatic hydroxyl groups is 1. The standard InChI is InChI=1S/C33H34N2O5/c1-32(2,20-24-8-6-13-30(18-24)40-28-10-4-3-5-11-28)35-21-27(36)22-39-29-12-7-9-26(19-29)25-14-16-33(23-34,17-15-25)31(37)38/h3-16,18-19,27,35-36H,17,20-22H2,1-2H3,(H,37,38)/t27-,33?/m1/s1. The van der Waals surface area contributed by atoms with Crippen molar-refractivity contribution in [3.63, 3.8) is 0 Å². The number of rotatable bonds is 12. The van der Waals surface area contributed by atoms with E-state index in [2.05, 4.69) is 25.2 Å². The normalized spacial score (nSPS) is 17.4. The molecule has 0 aromatic heterocycles. The monoisotopic (exact) mass is 538 g/mol. The Balaban J connectivity index is 1.27. The number of nitrogens with one attached hydrogen (secondary N) is 1. The molecule has 0 radical (unpaired) electrons. The Kier molecular flexibility index (Phi) is 9.05. The van der Waals surface area contributed by atoms with Crippen molar-refractivity contribution in [3.05, 3.63) is 108 Å². The van der Waals surface area contributed by atoms with Gasteiger partial charge in [-0.15, -0.1) is 0 Å². The van der Waals surface area contributed by atoms with E-state index in [4.69, 9.17) is 9.47 Å². The van der Waals surface area contributed by atoms with Crippen LogP contribution in [0.4, 0.5) is 0 Å². The van der Waals surface area contributed by atoms with Crippen molar-refractivity contribution in [3.8, 4) is 23.3 Å². The van der Waals surface area contributed by atoms with Gasteiger partial charge in [-0.2, -0.15) is 5.26 Å². The van der Waals surface area contributed by atoms with Gasteiger partial charge in [-0.3, -0.25) is 4.79 Å². The van der Waals surface area contributed by atoms with E-state index in [0.29, 0.717) is 12.3 Å². The first-order valence-corrected chi connectivity index (χ1v) is 13.2. The molecule has 40 heavy (non-hydrogen) atoms. The summed E-state index contributed by atoms with van der Waals surface area (Å²) in [6.45, 7) is 4.64. The Morgan fingerprint density at radius 2 is 1.77 bits per heavy atom. The summed E-state index contributed by atoms with van der Waals surface area (Å²) >= 11 is 0. The predicted octanol–water partition coefficient (Wildman–Crippen LogP) is 5.77. The van der Waals surface area contributed by atoms with Crippen LogP contribution in [-0.4, -0.2) is 41.0 Å². The number of carboxylic acids is 1. The average molecular weight is 539 g/mol. The lowest BCUT2D eigenvalue weighted by atomic mass is 9.80. The van der Waals surface area contributed by atoms with E-state index < -0.39 is 17.5 Å². The van der Waals surface area contributed by atoms with Crippen LogP contribution in [0.2, 0.25) is 0 Å². The van der Waals surface area contributed by atoms with Gasteiger partial charge in [0.05, 0.1) is 6.07 Å². The maximum atomic E-state index is 11.5. The lowest BCUT2D eigenvalue weighted by Crippen LogP contribution is -2.46. The summed E-state index contributed by atoms with van der Waals surface area (Å²) in [6, 6.07) is 26.9. The molecule has 0 amide bonds. The topological polar surface area (TPSA) is 112 Å². The van der Waals surface area contributed by atoms with Crippen LogP contribution >= 0.6 is 0 Å². The van der Waals surface area contributed by atoms with Crippen LogP contribution in [0.1, 0.15) is 31.4 Å². The third kappa shape index (κ3) is 7.60. The van der Waals surface area contributed by atoms with E-state index in [1.807, 2.05) is 78.9 Å². The van der Waals surface area contributed by atoms with Gasteiger partial charge >= 0.3 is 5.97 Å². The number of nitrogens with zero attached hydrogens (tertiary/aromatic N) is 1. The van der Waals surface area contributed by atoms with Crippen LogP contribution in [0, 0.1) is 16.7 Å². The van der Waals surface area contributed by atoms with Crippen molar-refractivity contribution < 1.29 is 24.5 Å². The van der Waals surface area contributed by atoms with Crippen molar-refractivity contribution >= 4 is 11.5 Å². The first-order chi connectivity index (χ1) is 19.2. The van der Waals surface area contributed by atoms with Crippen LogP contribution in [0.15, 0.2) is 97.1 Å². The maximum absolute atomic E-state index is 11.5. The number of hydrogen-bond acceptors (Lipinski definition) is 6. The zero-order valence-corrected chi connectivity index (χ0v) is 22.7. The molecule has 1 aliphatic carbocycles. The van der Waals surface area contributed by atoms with Gasteiger partial charge in [-0.05, 0) is 79.8 Å². The third-order valence-electron chi connectivity index (χ3n) is 6.72. The van der Waals surface area contributed by atoms with E-state index >= 15 is 0 Å². The molecule has 1 aliphatic rings. The van der Waals surface area contributed by atoms with Crippen molar-refractivity contribution in [1.82, 2.24) is 5.32 Å². The van der Waals surface area contributed by atoms with Crippen LogP contribution in [0.3, 0.4) is 0 Å². The highest BCUT2D eigenvalue weighted by atomic mass is 16.5. The number of nitriles is 1. The molecule has 0 saturated carbocycles. The lowest BCUT2D eigenvalue weighted by Gasteiger charge is -2.28. The zero-order valence-electron chi connectivity index (χ0n) is 22.7. The predicted molar refractivity (Wildman–Crippen MR) is 154 cm³/mol. The Morgan fingerprint density at radius 1 is 1.05 bits per heavy atom. The van der Waals surface area contributed by atoms with Crippen LogP contribution in [0.5, 0.6) is 17.2 Å². The Bertz CT molecular complexity index is 1420. The number of para-hydroxylation sites is 1. The second-order valence-electron chi connectivity index (χ2n) is 10.6. The van der Waals surface area contributed by atoms with Crippen molar-refractivity contribution in [2.45, 2.75) is 38.3 Å². The maximum Gasteiger partial charge on any atom is 0.328 e. The number of ether oxygens (including phenoxy) is 2. The summed E-state index contributed by atoms with van der Waals surface area (Å²) in [6.07, 6.45) is 4.95. The molecule has 0 heterocycles. The van der Waals surface area contributed by atoms with Gasteiger partial charge in [0.1, 0.15) is 30.0 Å². The van der Waals surface area contributed by atoms with Crippen molar-refractivity contribution in [2.75, 3.05) is 13.2 Å². The van der Waals surface area contributed by atoms with Crippen LogP contribution in [-0.2, 0) is 11.2 Å². The number of carboxylic acid groups (broad SMARTS) is 1. The Morgan fingerprint density at radius 3 is 2.48 bits per heavy atom. The van der Waals surface area contributed by atoms with E-state index in [1.54, 1.807) is 12.2 Å². The van der Waals surface area contributed by atoms with Crippen LogP contribution < -0.4 is 14.8 Å². The average Bonchev–Trinajstić information content (AvgIpc) is 2.95. The smallest absolute Gasteiger partial charge is 0.328 e. The number of aliphatic carboxylic acids is 1. The molecule has 2 atom stereocenters. The van der Waals surface area contributed by atoms with Crippen LogP contribution in [0.25, 0.3) is 5.57 Å². The minimum Gasteiger partial charge on any atom is -0.491 e. The Labute approximate surface area is 235 Å². The number of benzene rings is 3. The first-order valence-electron chi connectivity index (χ1n) is 13.2.